The first-order chi connectivity index (χ1) is 14.2. The molecule has 3 aromatic rings. The second kappa shape index (κ2) is 8.87. The van der Waals surface area contributed by atoms with Gasteiger partial charge in [-0.3, -0.25) is 9.59 Å². The molecule has 0 aliphatic heterocycles. The second-order valence-corrected chi connectivity index (χ2v) is 8.66. The molecule has 2 amide bonds. The van der Waals surface area contributed by atoms with Crippen molar-refractivity contribution in [3.05, 3.63) is 95.3 Å². The molecule has 0 bridgehead atoms. The van der Waals surface area contributed by atoms with Crippen molar-refractivity contribution < 1.29 is 22.4 Å². The molecule has 8 heteroatoms. The molecule has 0 aliphatic rings. The summed E-state index contributed by atoms with van der Waals surface area (Å²) in [6.45, 7) is 0.183. The molecule has 0 atom stereocenters. The van der Waals surface area contributed by atoms with Crippen molar-refractivity contribution in [1.29, 1.82) is 0 Å². The number of nitrogens with one attached hydrogen (secondary N) is 2. The molecule has 3 aromatic carbocycles. The molecule has 0 saturated heterocycles. The number of benzene rings is 3. The highest BCUT2D eigenvalue weighted by Gasteiger charge is 2.12. The number of rotatable bonds is 6. The lowest BCUT2D eigenvalue weighted by Gasteiger charge is -2.09. The van der Waals surface area contributed by atoms with Gasteiger partial charge in [0.25, 0.3) is 11.8 Å². The summed E-state index contributed by atoms with van der Waals surface area (Å²) in [4.78, 5) is 24.7. The standard InChI is InChI=1S/C22H19FN2O4S/c1-30(28,29)20-7-3-5-17(13-20)21(26)24-14-15-4-2-6-19(12-15)25-22(27)16-8-10-18(23)11-9-16/h2-13H,14H2,1H3,(H,24,26)(H,25,27). The smallest absolute Gasteiger partial charge is 0.255 e. The van der Waals surface area contributed by atoms with Crippen LogP contribution in [0.3, 0.4) is 0 Å². The summed E-state index contributed by atoms with van der Waals surface area (Å²) in [7, 11) is -3.41. The van der Waals surface area contributed by atoms with Gasteiger partial charge in [-0.05, 0) is 60.2 Å². The number of halogens is 1. The van der Waals surface area contributed by atoms with Crippen molar-refractivity contribution >= 4 is 27.3 Å². The topological polar surface area (TPSA) is 92.3 Å². The van der Waals surface area contributed by atoms with E-state index < -0.39 is 21.6 Å². The Hall–Kier alpha value is -3.52. The third kappa shape index (κ3) is 5.51. The van der Waals surface area contributed by atoms with E-state index in [1.165, 1.54) is 48.5 Å². The van der Waals surface area contributed by atoms with E-state index in [0.29, 0.717) is 11.3 Å². The van der Waals surface area contributed by atoms with Crippen molar-refractivity contribution in [1.82, 2.24) is 5.32 Å². The molecule has 0 fully saturated rings. The highest BCUT2D eigenvalue weighted by Crippen LogP contribution is 2.14. The van der Waals surface area contributed by atoms with E-state index in [1.54, 1.807) is 24.3 Å². The summed E-state index contributed by atoms with van der Waals surface area (Å²) in [6, 6.07) is 17.9. The average Bonchev–Trinajstić information content (AvgIpc) is 2.72. The van der Waals surface area contributed by atoms with Crippen LogP contribution in [0.4, 0.5) is 10.1 Å². The molecule has 3 rings (SSSR count). The van der Waals surface area contributed by atoms with E-state index in [4.69, 9.17) is 0 Å². The first kappa shape index (κ1) is 21.2. The van der Waals surface area contributed by atoms with Gasteiger partial charge in [0.05, 0.1) is 4.90 Å². The number of carbonyl (C=O) groups excluding carboxylic acids is 2. The molecule has 0 radical (unpaired) electrons. The van der Waals surface area contributed by atoms with Crippen molar-refractivity contribution in [3.63, 3.8) is 0 Å². The van der Waals surface area contributed by atoms with Crippen LogP contribution < -0.4 is 10.6 Å². The van der Waals surface area contributed by atoms with Crippen molar-refractivity contribution in [2.24, 2.45) is 0 Å². The maximum atomic E-state index is 13.0. The van der Waals surface area contributed by atoms with Gasteiger partial charge in [0.1, 0.15) is 5.82 Å². The molecule has 0 heterocycles. The SMILES string of the molecule is CS(=O)(=O)c1cccc(C(=O)NCc2cccc(NC(=O)c3ccc(F)cc3)c2)c1. The molecular formula is C22H19FN2O4S. The summed E-state index contributed by atoms with van der Waals surface area (Å²) in [5, 5.41) is 5.44. The molecule has 2 N–H and O–H groups in total. The molecule has 30 heavy (non-hydrogen) atoms. The van der Waals surface area contributed by atoms with E-state index in [2.05, 4.69) is 10.6 Å². The van der Waals surface area contributed by atoms with Crippen molar-refractivity contribution in [2.75, 3.05) is 11.6 Å². The maximum absolute atomic E-state index is 13.0. The van der Waals surface area contributed by atoms with Crippen LogP contribution in [0, 0.1) is 5.82 Å². The first-order valence-corrected chi connectivity index (χ1v) is 10.9. The number of amides is 2. The lowest BCUT2D eigenvalue weighted by atomic mass is 10.1. The summed E-state index contributed by atoms with van der Waals surface area (Å²) < 4.78 is 36.3. The van der Waals surface area contributed by atoms with Gasteiger partial charge in [0.2, 0.25) is 0 Å². The van der Waals surface area contributed by atoms with Gasteiger partial charge < -0.3 is 10.6 Å². The minimum absolute atomic E-state index is 0.0700. The zero-order chi connectivity index (χ0) is 21.7. The fraction of sp³-hybridized carbons (Fsp3) is 0.0909. The Balaban J connectivity index is 1.65. The Labute approximate surface area is 173 Å². The molecule has 0 aromatic heterocycles. The summed E-state index contributed by atoms with van der Waals surface area (Å²) in [5.74, 6) is -1.22. The van der Waals surface area contributed by atoms with Gasteiger partial charge in [-0.1, -0.05) is 18.2 Å². The predicted octanol–water partition coefficient (Wildman–Crippen LogP) is 3.41. The molecule has 0 saturated carbocycles. The van der Waals surface area contributed by atoms with Gasteiger partial charge in [-0.2, -0.15) is 0 Å². The Morgan fingerprint density at radius 1 is 0.867 bits per heavy atom. The van der Waals surface area contributed by atoms with Crippen LogP contribution in [0.15, 0.2) is 77.7 Å². The van der Waals surface area contributed by atoms with Crippen molar-refractivity contribution in [3.8, 4) is 0 Å². The third-order valence-corrected chi connectivity index (χ3v) is 5.38. The fourth-order valence-corrected chi connectivity index (χ4v) is 3.38. The number of hydrogen-bond acceptors (Lipinski definition) is 4. The molecular weight excluding hydrogens is 407 g/mol. The zero-order valence-electron chi connectivity index (χ0n) is 16.1. The number of sulfone groups is 1. The first-order valence-electron chi connectivity index (χ1n) is 8.96. The summed E-state index contributed by atoms with van der Waals surface area (Å²) in [6.07, 6.45) is 1.08. The largest absolute Gasteiger partial charge is 0.348 e. The Bertz CT molecular complexity index is 1190. The predicted molar refractivity (Wildman–Crippen MR) is 112 cm³/mol. The Morgan fingerprint density at radius 2 is 1.57 bits per heavy atom. The zero-order valence-corrected chi connectivity index (χ0v) is 16.9. The normalized spacial score (nSPS) is 11.0. The average molecular weight is 426 g/mol. The van der Waals surface area contributed by atoms with Gasteiger partial charge in [-0.15, -0.1) is 0 Å². The highest BCUT2D eigenvalue weighted by molar-refractivity contribution is 7.90. The van der Waals surface area contributed by atoms with Crippen LogP contribution in [0.25, 0.3) is 0 Å². The maximum Gasteiger partial charge on any atom is 0.255 e. The van der Waals surface area contributed by atoms with Gasteiger partial charge >= 0.3 is 0 Å². The van der Waals surface area contributed by atoms with Crippen molar-refractivity contribution in [2.45, 2.75) is 11.4 Å². The molecule has 154 valence electrons. The number of hydrogen-bond donors (Lipinski definition) is 2. The molecule has 0 unspecified atom stereocenters. The van der Waals surface area contributed by atoms with Crippen LogP contribution in [-0.2, 0) is 16.4 Å². The quantitative estimate of drug-likeness (QED) is 0.632. The lowest BCUT2D eigenvalue weighted by molar-refractivity contribution is 0.0949. The second-order valence-electron chi connectivity index (χ2n) is 6.64. The molecule has 0 aliphatic carbocycles. The number of anilines is 1. The van der Waals surface area contributed by atoms with E-state index in [9.17, 15) is 22.4 Å². The minimum Gasteiger partial charge on any atom is -0.348 e. The van der Waals surface area contributed by atoms with E-state index in [1.807, 2.05) is 0 Å². The monoisotopic (exact) mass is 426 g/mol. The molecule has 6 nitrogen and oxygen atoms in total. The highest BCUT2D eigenvalue weighted by atomic mass is 32.2. The van der Waals surface area contributed by atoms with Crippen LogP contribution in [0.1, 0.15) is 26.3 Å². The number of carbonyl (C=O) groups is 2. The van der Waals surface area contributed by atoms with Crippen LogP contribution >= 0.6 is 0 Å². The van der Waals surface area contributed by atoms with E-state index in [0.717, 1.165) is 11.8 Å². The third-order valence-electron chi connectivity index (χ3n) is 4.27. The fourth-order valence-electron chi connectivity index (χ4n) is 2.72. The van der Waals surface area contributed by atoms with Crippen LogP contribution in [-0.4, -0.2) is 26.5 Å². The Kier molecular flexibility index (Phi) is 6.27. The van der Waals surface area contributed by atoms with Gasteiger partial charge in [0.15, 0.2) is 9.84 Å². The van der Waals surface area contributed by atoms with E-state index >= 15 is 0 Å². The molecule has 0 spiro atoms. The lowest BCUT2D eigenvalue weighted by Crippen LogP contribution is -2.23. The summed E-state index contributed by atoms with van der Waals surface area (Å²) in [5.41, 5.74) is 1.81. The Morgan fingerprint density at radius 3 is 2.27 bits per heavy atom. The van der Waals surface area contributed by atoms with Gasteiger partial charge in [0, 0.05) is 29.6 Å². The van der Waals surface area contributed by atoms with E-state index in [-0.39, 0.29) is 22.9 Å². The van der Waals surface area contributed by atoms with Crippen LogP contribution in [0.5, 0.6) is 0 Å². The van der Waals surface area contributed by atoms with Gasteiger partial charge in [-0.25, -0.2) is 12.8 Å². The summed E-state index contributed by atoms with van der Waals surface area (Å²) >= 11 is 0. The minimum atomic E-state index is -3.41. The van der Waals surface area contributed by atoms with Crippen LogP contribution in [0.2, 0.25) is 0 Å².